The van der Waals surface area contributed by atoms with Crippen LogP contribution in [0.1, 0.15) is 56.1 Å². The van der Waals surface area contributed by atoms with E-state index in [1.807, 2.05) is 36.5 Å². The van der Waals surface area contributed by atoms with Crippen LogP contribution in [0.5, 0.6) is 0 Å². The van der Waals surface area contributed by atoms with Gasteiger partial charge in [-0.05, 0) is 71.7 Å². The second kappa shape index (κ2) is 12.2. The summed E-state index contributed by atoms with van der Waals surface area (Å²) in [5.74, 6) is 0.585. The van der Waals surface area contributed by atoms with Gasteiger partial charge in [0.2, 0.25) is 5.79 Å². The number of nitrogens with zero attached hydrogens (tertiary/aromatic N) is 1. The third-order valence-electron chi connectivity index (χ3n) is 10.5. The summed E-state index contributed by atoms with van der Waals surface area (Å²) >= 11 is 6.14. The van der Waals surface area contributed by atoms with Crippen molar-refractivity contribution in [1.82, 2.24) is 4.98 Å². The molecule has 3 fully saturated rings. The number of benzene rings is 3. The van der Waals surface area contributed by atoms with Crippen LogP contribution in [-0.2, 0) is 20.1 Å². The lowest BCUT2D eigenvalue weighted by Gasteiger charge is -2.46. The number of unbranched alkanes of at least 4 members (excludes halogenated alkanes) is 1. The Kier molecular flexibility index (Phi) is 7.88. The zero-order valence-electron chi connectivity index (χ0n) is 25.5. The van der Waals surface area contributed by atoms with Gasteiger partial charge in [-0.2, -0.15) is 4.89 Å². The summed E-state index contributed by atoms with van der Waals surface area (Å²) < 4.78 is 6.98. The maximum Gasteiger partial charge on any atom is 0.202 e. The Morgan fingerprint density at radius 2 is 1.67 bits per heavy atom. The molecule has 0 amide bonds. The number of aromatic nitrogens is 1. The summed E-state index contributed by atoms with van der Waals surface area (Å²) in [6, 6.07) is 29.7. The van der Waals surface area contributed by atoms with Crippen molar-refractivity contribution in [2.75, 3.05) is 18.4 Å². The lowest BCUT2D eigenvalue weighted by Crippen LogP contribution is -2.89. The summed E-state index contributed by atoms with van der Waals surface area (Å²) in [4.78, 5) is 17.3. The van der Waals surface area contributed by atoms with Crippen LogP contribution in [0.15, 0.2) is 97.2 Å². The number of hydrogen-bond acceptors (Lipinski definition) is 5. The maximum atomic E-state index is 6.98. The van der Waals surface area contributed by atoms with Gasteiger partial charge < -0.3 is 15.4 Å². The third kappa shape index (κ3) is 5.68. The predicted molar refractivity (Wildman–Crippen MR) is 177 cm³/mol. The lowest BCUT2D eigenvalue weighted by molar-refractivity contribution is -0.689. The quantitative estimate of drug-likeness (QED) is 0.152. The molecule has 3 aliphatic carbocycles. The number of anilines is 1. The van der Waals surface area contributed by atoms with E-state index in [-0.39, 0.29) is 6.10 Å². The van der Waals surface area contributed by atoms with Crippen molar-refractivity contribution in [3.05, 3.63) is 113 Å². The zero-order valence-corrected chi connectivity index (χ0v) is 26.3. The van der Waals surface area contributed by atoms with Gasteiger partial charge in [-0.25, -0.2) is 4.89 Å². The molecule has 45 heavy (non-hydrogen) atoms. The molecule has 232 valence electrons. The largest absolute Gasteiger partial charge is 0.384 e. The molecular formula is C38H41ClN3O3+. The molecule has 2 saturated carbocycles. The maximum absolute atomic E-state index is 6.98. The van der Waals surface area contributed by atoms with Gasteiger partial charge in [-0.1, -0.05) is 72.3 Å². The molecule has 4 aliphatic rings. The van der Waals surface area contributed by atoms with E-state index in [2.05, 4.69) is 76.3 Å². The van der Waals surface area contributed by atoms with E-state index in [9.17, 15) is 0 Å². The second-order valence-electron chi connectivity index (χ2n) is 13.4. The number of halogens is 1. The molecule has 7 heteroatoms. The zero-order chi connectivity index (χ0) is 30.3. The highest BCUT2D eigenvalue weighted by molar-refractivity contribution is 6.31. The molecule has 0 bridgehead atoms. The Hall–Kier alpha value is -3.26. The highest BCUT2D eigenvalue weighted by Crippen LogP contribution is 2.57. The Bertz CT molecular complexity index is 1670. The summed E-state index contributed by atoms with van der Waals surface area (Å²) in [6.45, 7) is 2.11. The first-order valence-corrected chi connectivity index (χ1v) is 16.9. The lowest BCUT2D eigenvalue weighted by atomic mass is 9.87. The van der Waals surface area contributed by atoms with E-state index >= 15 is 0 Å². The Labute approximate surface area is 270 Å². The number of ether oxygens (including phenoxy) is 1. The minimum Gasteiger partial charge on any atom is -0.384 e. The van der Waals surface area contributed by atoms with Crippen LogP contribution in [0.3, 0.4) is 0 Å². The van der Waals surface area contributed by atoms with Crippen molar-refractivity contribution >= 4 is 33.8 Å². The molecule has 1 spiro atoms. The number of pyridine rings is 1. The summed E-state index contributed by atoms with van der Waals surface area (Å²) in [5.41, 5.74) is 4.98. The van der Waals surface area contributed by atoms with Gasteiger partial charge in [0.1, 0.15) is 6.10 Å². The molecule has 4 aromatic rings. The van der Waals surface area contributed by atoms with Gasteiger partial charge in [0.25, 0.3) is 0 Å². The first-order chi connectivity index (χ1) is 22.1. The molecule has 0 radical (unpaired) electrons. The molecule has 8 rings (SSSR count). The van der Waals surface area contributed by atoms with Crippen molar-refractivity contribution < 1.29 is 19.8 Å². The first-order valence-electron chi connectivity index (χ1n) is 16.6. The van der Waals surface area contributed by atoms with Crippen LogP contribution in [0.25, 0.3) is 16.5 Å². The molecule has 6 nitrogen and oxygen atoms in total. The number of nitrogens with one attached hydrogen (secondary N) is 1. The van der Waals surface area contributed by atoms with Gasteiger partial charge in [-0.15, -0.1) is 0 Å². The molecule has 1 aliphatic heterocycles. The molecule has 3 aromatic carbocycles. The minimum absolute atomic E-state index is 0.179. The van der Waals surface area contributed by atoms with Crippen LogP contribution in [0.4, 0.5) is 5.69 Å². The average molecular weight is 623 g/mol. The van der Waals surface area contributed by atoms with Gasteiger partial charge in [0.05, 0.1) is 18.1 Å². The van der Waals surface area contributed by atoms with E-state index in [4.69, 9.17) is 26.1 Å². The van der Waals surface area contributed by atoms with Crippen molar-refractivity contribution in [1.29, 1.82) is 0 Å². The normalized spacial score (nSPS) is 30.4. The van der Waals surface area contributed by atoms with Crippen LogP contribution in [-0.4, -0.2) is 36.0 Å². The first kappa shape index (κ1) is 29.2. The second-order valence-corrected chi connectivity index (χ2v) is 13.9. The fourth-order valence-corrected chi connectivity index (χ4v) is 8.54. The van der Waals surface area contributed by atoms with E-state index in [1.54, 1.807) is 0 Å². The molecular weight excluding hydrogens is 582 g/mol. The van der Waals surface area contributed by atoms with Gasteiger partial charge in [0.15, 0.2) is 5.60 Å². The Morgan fingerprint density at radius 3 is 2.47 bits per heavy atom. The molecule has 4 atom stereocenters. The van der Waals surface area contributed by atoms with Crippen molar-refractivity contribution in [3.8, 4) is 0 Å². The molecule has 1 saturated heterocycles. The van der Waals surface area contributed by atoms with E-state index in [0.29, 0.717) is 17.9 Å². The number of fused-ring (bicyclic) bond motifs is 3. The van der Waals surface area contributed by atoms with E-state index < -0.39 is 11.4 Å². The monoisotopic (exact) mass is 622 g/mol. The molecule has 4 unspecified atom stereocenters. The number of hydrogen-bond donors (Lipinski definition) is 2. The van der Waals surface area contributed by atoms with Crippen LogP contribution in [0, 0.1) is 11.8 Å². The Morgan fingerprint density at radius 1 is 0.889 bits per heavy atom. The van der Waals surface area contributed by atoms with Gasteiger partial charge >= 0.3 is 0 Å². The summed E-state index contributed by atoms with van der Waals surface area (Å²) in [7, 11) is 0. The minimum atomic E-state index is -0.654. The van der Waals surface area contributed by atoms with Gasteiger partial charge in [0, 0.05) is 60.9 Å². The molecule has 1 aromatic heterocycles. The fraction of sp³-hybridized carbons (Fsp3) is 0.395. The highest BCUT2D eigenvalue weighted by atomic mass is 35.5. The highest BCUT2D eigenvalue weighted by Gasteiger charge is 2.61. The predicted octanol–water partition coefficient (Wildman–Crippen LogP) is 7.26. The Balaban J connectivity index is 0.842. The standard InChI is InChI=1S/C38H40ClN3O3/c39-31-13-14-33-34(15-18-42-35(33)22-31)41-17-8-7-16-40-32-19-27-23-37(24-28(27)20-32)43-36-21-29(26-9-3-1-4-10-26)25-38(36,45-44-37)30-11-5-2-6-12-30/h1-6,9-15,18,21-22,27-28,32,36,40H,7-8,16-17,19-20,23-25H2,(H,41,42)/p+1. The van der Waals surface area contributed by atoms with Crippen LogP contribution in [0.2, 0.25) is 5.02 Å². The SMILES string of the molecule is Clc1ccc2c(NCCCC[NH2+]C3CC4CC5(CC4C3)OOC3(c4ccccc4)CC(c4ccccc4)=CC3O5)ccnc2c1. The van der Waals surface area contributed by atoms with E-state index in [0.717, 1.165) is 65.9 Å². The third-order valence-corrected chi connectivity index (χ3v) is 10.8. The van der Waals surface area contributed by atoms with Crippen molar-refractivity contribution in [3.63, 3.8) is 0 Å². The smallest absolute Gasteiger partial charge is 0.202 e. The number of quaternary nitrogens is 1. The fourth-order valence-electron chi connectivity index (χ4n) is 8.37. The van der Waals surface area contributed by atoms with Gasteiger partial charge in [-0.3, -0.25) is 4.98 Å². The van der Waals surface area contributed by atoms with Crippen molar-refractivity contribution in [2.24, 2.45) is 11.8 Å². The van der Waals surface area contributed by atoms with Crippen LogP contribution >= 0.6 is 11.6 Å². The number of rotatable bonds is 9. The average Bonchev–Trinajstić information content (AvgIpc) is 3.73. The summed E-state index contributed by atoms with van der Waals surface area (Å²) in [6.07, 6.45) is 11.3. The topological polar surface area (TPSA) is 69.2 Å². The van der Waals surface area contributed by atoms with Crippen LogP contribution < -0.4 is 10.6 Å². The molecule has 2 heterocycles. The van der Waals surface area contributed by atoms with Crippen molar-refractivity contribution in [2.45, 2.75) is 68.5 Å². The van der Waals surface area contributed by atoms with E-state index in [1.165, 1.54) is 30.4 Å². The number of nitrogens with two attached hydrogens (primary N) is 1. The summed E-state index contributed by atoms with van der Waals surface area (Å²) in [5, 5.41) is 8.02. The molecule has 3 N–H and O–H groups in total.